The van der Waals surface area contributed by atoms with E-state index < -0.39 is 0 Å². The van der Waals surface area contributed by atoms with Gasteiger partial charge in [0.2, 0.25) is 0 Å². The zero-order chi connectivity index (χ0) is 17.7. The Hall–Kier alpha value is -2.60. The highest BCUT2D eigenvalue weighted by atomic mass is 14.3. The minimum absolute atomic E-state index is 0.686. The van der Waals surface area contributed by atoms with Gasteiger partial charge in [0, 0.05) is 0 Å². The average Bonchev–Trinajstić information content (AvgIpc) is 2.67. The van der Waals surface area contributed by atoms with Crippen LogP contribution in [0.25, 0.3) is 27.5 Å². The molecule has 0 radical (unpaired) electrons. The fourth-order valence-electron chi connectivity index (χ4n) is 4.86. The van der Waals surface area contributed by atoms with Crippen molar-refractivity contribution in [3.63, 3.8) is 0 Å². The molecule has 1 atom stereocenters. The molecule has 0 N–H and O–H groups in total. The summed E-state index contributed by atoms with van der Waals surface area (Å²) < 4.78 is 0. The molecule has 0 aliphatic heterocycles. The zero-order valence-corrected chi connectivity index (χ0v) is 15.5. The van der Waals surface area contributed by atoms with Crippen molar-refractivity contribution < 1.29 is 0 Å². The molecule has 0 nitrogen and oxygen atoms in total. The normalized spacial score (nSPS) is 18.8. The van der Waals surface area contributed by atoms with Gasteiger partial charge in [-0.3, -0.25) is 0 Å². The van der Waals surface area contributed by atoms with Gasteiger partial charge in [-0.15, -0.1) is 0 Å². The van der Waals surface area contributed by atoms with Crippen LogP contribution in [0.5, 0.6) is 0 Å². The molecule has 5 rings (SSSR count). The van der Waals surface area contributed by atoms with Crippen LogP contribution in [0.4, 0.5) is 0 Å². The average molecular weight is 336 g/mol. The Morgan fingerprint density at radius 3 is 2.58 bits per heavy atom. The molecule has 0 bridgehead atoms. The Morgan fingerprint density at radius 2 is 1.73 bits per heavy atom. The minimum Gasteiger partial charge on any atom is -0.0833 e. The number of allylic oxidation sites excluding steroid dienone is 4. The molecule has 2 aliphatic carbocycles. The second-order valence-corrected chi connectivity index (χ2v) is 7.85. The van der Waals surface area contributed by atoms with Gasteiger partial charge in [0.15, 0.2) is 0 Å². The molecule has 0 saturated heterocycles. The predicted octanol–water partition coefficient (Wildman–Crippen LogP) is 7.11. The molecule has 1 unspecified atom stereocenters. The van der Waals surface area contributed by atoms with Gasteiger partial charge < -0.3 is 0 Å². The summed E-state index contributed by atoms with van der Waals surface area (Å²) in [5.41, 5.74) is 10.2. The molecule has 0 heterocycles. The zero-order valence-electron chi connectivity index (χ0n) is 15.5. The number of benzene rings is 3. The van der Waals surface area contributed by atoms with Crippen molar-refractivity contribution in [2.75, 3.05) is 0 Å². The molecule has 0 heteroatoms. The van der Waals surface area contributed by atoms with Crippen LogP contribution in [-0.2, 0) is 6.42 Å². The summed E-state index contributed by atoms with van der Waals surface area (Å²) in [5, 5.41) is 2.83. The van der Waals surface area contributed by atoms with Gasteiger partial charge in [-0.05, 0) is 76.3 Å². The van der Waals surface area contributed by atoms with Crippen LogP contribution >= 0.6 is 0 Å². The van der Waals surface area contributed by atoms with Crippen molar-refractivity contribution in [3.05, 3.63) is 89.0 Å². The van der Waals surface area contributed by atoms with Crippen LogP contribution in [0.15, 0.2) is 72.3 Å². The van der Waals surface area contributed by atoms with Crippen molar-refractivity contribution in [1.82, 2.24) is 0 Å². The summed E-state index contributed by atoms with van der Waals surface area (Å²) >= 11 is 0. The summed E-state index contributed by atoms with van der Waals surface area (Å²) in [5.74, 6) is 0.686. The van der Waals surface area contributed by atoms with E-state index in [0.29, 0.717) is 5.92 Å². The van der Waals surface area contributed by atoms with E-state index >= 15 is 0 Å². The fourth-order valence-corrected chi connectivity index (χ4v) is 4.86. The second-order valence-electron chi connectivity index (χ2n) is 7.85. The Morgan fingerprint density at radius 1 is 0.885 bits per heavy atom. The van der Waals surface area contributed by atoms with Gasteiger partial charge in [-0.1, -0.05) is 79.2 Å². The minimum atomic E-state index is 0.686. The smallest absolute Gasteiger partial charge is 0.00668 e. The Labute approximate surface area is 155 Å². The van der Waals surface area contributed by atoms with Gasteiger partial charge in [-0.2, -0.15) is 0 Å². The standard InChI is InChI=1S/C26H24/c1-17-15-20-11-12-23-22-10-6-7-18(2)21(22)13-14-24(23)26(20)25(16-17)19-8-4-3-5-9-19/h3-6,8-12,15-16,18H,7,13-14H2,1-2H3. The van der Waals surface area contributed by atoms with Crippen LogP contribution in [0, 0.1) is 12.8 Å². The topological polar surface area (TPSA) is 0 Å². The number of hydrogen-bond acceptors (Lipinski definition) is 0. The summed E-state index contributed by atoms with van der Waals surface area (Å²) in [6, 6.07) is 20.3. The Kier molecular flexibility index (Phi) is 3.60. The maximum Gasteiger partial charge on any atom is -0.00668 e. The van der Waals surface area contributed by atoms with Crippen molar-refractivity contribution >= 4 is 16.3 Å². The Bertz CT molecular complexity index is 1060. The van der Waals surface area contributed by atoms with Crippen molar-refractivity contribution in [2.45, 2.75) is 33.1 Å². The van der Waals surface area contributed by atoms with Crippen LogP contribution in [0.2, 0.25) is 0 Å². The highest BCUT2D eigenvalue weighted by Gasteiger charge is 2.25. The van der Waals surface area contributed by atoms with E-state index in [1.54, 1.807) is 11.1 Å². The second kappa shape index (κ2) is 5.99. The highest BCUT2D eigenvalue weighted by Crippen LogP contribution is 2.44. The fraction of sp³-hybridized carbons (Fsp3) is 0.231. The van der Waals surface area contributed by atoms with Gasteiger partial charge in [0.05, 0.1) is 0 Å². The molecule has 3 aromatic rings. The third-order valence-corrected chi connectivity index (χ3v) is 6.10. The lowest BCUT2D eigenvalue weighted by Gasteiger charge is -2.29. The van der Waals surface area contributed by atoms with E-state index in [4.69, 9.17) is 0 Å². The van der Waals surface area contributed by atoms with E-state index in [2.05, 4.69) is 80.6 Å². The third kappa shape index (κ3) is 2.36. The third-order valence-electron chi connectivity index (χ3n) is 6.10. The molecule has 0 spiro atoms. The van der Waals surface area contributed by atoms with E-state index in [1.807, 2.05) is 0 Å². The van der Waals surface area contributed by atoms with Crippen molar-refractivity contribution in [2.24, 2.45) is 5.92 Å². The highest BCUT2D eigenvalue weighted by molar-refractivity contribution is 6.03. The molecule has 2 aliphatic rings. The number of rotatable bonds is 1. The van der Waals surface area contributed by atoms with E-state index in [9.17, 15) is 0 Å². The predicted molar refractivity (Wildman–Crippen MR) is 112 cm³/mol. The summed E-state index contributed by atoms with van der Waals surface area (Å²) in [6.07, 6.45) is 8.28. The number of aryl methyl sites for hydroxylation is 2. The summed E-state index contributed by atoms with van der Waals surface area (Å²) in [7, 11) is 0. The van der Waals surface area contributed by atoms with Crippen molar-refractivity contribution in [1.29, 1.82) is 0 Å². The number of hydrogen-bond donors (Lipinski definition) is 0. The SMILES string of the molecule is Cc1cc(-c2ccccc2)c2c3c(ccc2c1)C1=C(CC3)C(C)CC=C1. The molecule has 0 aromatic heterocycles. The van der Waals surface area contributed by atoms with Crippen LogP contribution < -0.4 is 0 Å². The van der Waals surface area contributed by atoms with E-state index in [1.165, 1.54) is 51.4 Å². The van der Waals surface area contributed by atoms with Gasteiger partial charge in [-0.25, -0.2) is 0 Å². The summed E-state index contributed by atoms with van der Waals surface area (Å²) in [6.45, 7) is 4.58. The van der Waals surface area contributed by atoms with Crippen LogP contribution in [0.3, 0.4) is 0 Å². The first kappa shape index (κ1) is 15.6. The Balaban J connectivity index is 1.84. The largest absolute Gasteiger partial charge is 0.0833 e. The first-order valence-electron chi connectivity index (χ1n) is 9.74. The van der Waals surface area contributed by atoms with Gasteiger partial charge >= 0.3 is 0 Å². The monoisotopic (exact) mass is 336 g/mol. The van der Waals surface area contributed by atoms with E-state index in [-0.39, 0.29) is 0 Å². The van der Waals surface area contributed by atoms with Gasteiger partial charge in [0.25, 0.3) is 0 Å². The molecule has 0 fully saturated rings. The van der Waals surface area contributed by atoms with Crippen LogP contribution in [0.1, 0.15) is 36.5 Å². The lowest BCUT2D eigenvalue weighted by molar-refractivity contribution is 0.645. The molecular formula is C26H24. The quantitative estimate of drug-likeness (QED) is 0.444. The lowest BCUT2D eigenvalue weighted by atomic mass is 9.75. The summed E-state index contributed by atoms with van der Waals surface area (Å²) in [4.78, 5) is 0. The molecule has 0 saturated carbocycles. The molecule has 26 heavy (non-hydrogen) atoms. The first-order valence-corrected chi connectivity index (χ1v) is 9.74. The van der Waals surface area contributed by atoms with Gasteiger partial charge in [0.1, 0.15) is 0 Å². The molecule has 0 amide bonds. The maximum atomic E-state index is 2.38. The molecule has 3 aromatic carbocycles. The van der Waals surface area contributed by atoms with Crippen LogP contribution in [-0.4, -0.2) is 0 Å². The lowest BCUT2D eigenvalue weighted by Crippen LogP contribution is -2.13. The number of fused-ring (bicyclic) bond motifs is 4. The van der Waals surface area contributed by atoms with E-state index in [0.717, 1.165) is 6.42 Å². The molecular weight excluding hydrogens is 312 g/mol. The van der Waals surface area contributed by atoms with Crippen molar-refractivity contribution in [3.8, 4) is 11.1 Å². The first-order chi connectivity index (χ1) is 12.7. The maximum absolute atomic E-state index is 2.38. The molecule has 128 valence electrons.